The number of nitrogens with one attached hydrogen (secondary N) is 1. The average molecular weight is 560 g/mol. The molecule has 9 nitrogen and oxygen atoms in total. The second-order valence-corrected chi connectivity index (χ2v) is 8.75. The maximum Gasteiger partial charge on any atom is 0.421 e. The number of hydrogen-bond donors (Lipinski definition) is 1. The molecule has 0 saturated carbocycles. The zero-order chi connectivity index (χ0) is 28.9. The third-order valence-corrected chi connectivity index (χ3v) is 5.97. The van der Waals surface area contributed by atoms with Crippen LogP contribution < -0.4 is 15.6 Å². The summed E-state index contributed by atoms with van der Waals surface area (Å²) in [4.78, 5) is 29.0. The minimum absolute atomic E-state index is 0.0139. The summed E-state index contributed by atoms with van der Waals surface area (Å²) in [5.41, 5.74) is -0.282. The molecule has 0 unspecified atom stereocenters. The van der Waals surface area contributed by atoms with E-state index in [0.717, 1.165) is 16.2 Å². The van der Waals surface area contributed by atoms with Gasteiger partial charge >= 0.3 is 6.18 Å². The molecule has 0 aliphatic heterocycles. The van der Waals surface area contributed by atoms with Crippen LogP contribution >= 0.6 is 0 Å². The van der Waals surface area contributed by atoms with E-state index < -0.39 is 29.0 Å². The van der Waals surface area contributed by atoms with Crippen molar-refractivity contribution in [2.24, 2.45) is 0 Å². The first-order chi connectivity index (χ1) is 19.1. The van der Waals surface area contributed by atoms with Gasteiger partial charge in [-0.05, 0) is 23.3 Å². The summed E-state index contributed by atoms with van der Waals surface area (Å²) in [5.74, 6) is -1.15. The van der Waals surface area contributed by atoms with Crippen molar-refractivity contribution in [2.45, 2.75) is 32.4 Å². The number of carbonyl (C=O) groups excluding carboxylic acids is 1. The number of nitrogens with zero attached hydrogens (tertiary/aromatic N) is 4. The van der Waals surface area contributed by atoms with E-state index >= 15 is 0 Å². The van der Waals surface area contributed by atoms with Crippen molar-refractivity contribution >= 4 is 5.91 Å². The van der Waals surface area contributed by atoms with E-state index in [0.29, 0.717) is 11.3 Å². The molecule has 210 valence electrons. The molecule has 1 aromatic carbocycles. The lowest BCUT2D eigenvalue weighted by Crippen LogP contribution is -2.28. The molecular weight excluding hydrogens is 534 g/mol. The monoisotopic (exact) mass is 559 g/mol. The maximum absolute atomic E-state index is 14.4. The molecule has 0 radical (unpaired) electrons. The lowest BCUT2D eigenvalue weighted by Gasteiger charge is -2.11. The fourth-order valence-corrected chi connectivity index (χ4v) is 3.99. The first-order valence-electron chi connectivity index (χ1n) is 12.0. The fraction of sp³-hybridized carbons (Fsp3) is 0.259. The summed E-state index contributed by atoms with van der Waals surface area (Å²) in [5, 5.41) is 7.05. The predicted molar refractivity (Wildman–Crippen MR) is 135 cm³/mol. The molecule has 0 bridgehead atoms. The smallest absolute Gasteiger partial charge is 0.421 e. The first kappa shape index (κ1) is 28.5. The third-order valence-electron chi connectivity index (χ3n) is 5.97. The Labute approximate surface area is 226 Å². The summed E-state index contributed by atoms with van der Waals surface area (Å²) in [6.45, 7) is 0.137. The summed E-state index contributed by atoms with van der Waals surface area (Å²) < 4.78 is 66.1. The molecule has 40 heavy (non-hydrogen) atoms. The largest absolute Gasteiger partial charge is 0.494 e. The number of benzene rings is 1. The molecule has 4 rings (SSSR count). The van der Waals surface area contributed by atoms with E-state index in [-0.39, 0.29) is 43.2 Å². The van der Waals surface area contributed by atoms with E-state index in [4.69, 9.17) is 9.47 Å². The normalized spacial score (nSPS) is 11.4. The van der Waals surface area contributed by atoms with Crippen molar-refractivity contribution in [2.75, 3.05) is 14.2 Å². The van der Waals surface area contributed by atoms with Gasteiger partial charge in [-0.3, -0.25) is 19.3 Å². The van der Waals surface area contributed by atoms with Gasteiger partial charge < -0.3 is 19.4 Å². The summed E-state index contributed by atoms with van der Waals surface area (Å²) >= 11 is 0. The Morgan fingerprint density at radius 3 is 2.38 bits per heavy atom. The van der Waals surface area contributed by atoms with Crippen molar-refractivity contribution in [1.82, 2.24) is 24.6 Å². The highest BCUT2D eigenvalue weighted by molar-refractivity contribution is 5.95. The summed E-state index contributed by atoms with van der Waals surface area (Å²) in [6, 6.07) is 10.2. The van der Waals surface area contributed by atoms with Gasteiger partial charge in [-0.15, -0.1) is 0 Å². The number of amides is 1. The highest BCUT2D eigenvalue weighted by atomic mass is 19.4. The third kappa shape index (κ3) is 6.54. The quantitative estimate of drug-likeness (QED) is 0.297. The zero-order valence-electron chi connectivity index (χ0n) is 21.5. The van der Waals surface area contributed by atoms with Gasteiger partial charge in [0.25, 0.3) is 11.5 Å². The highest BCUT2D eigenvalue weighted by Gasteiger charge is 2.34. The van der Waals surface area contributed by atoms with Crippen LogP contribution in [0, 0.1) is 5.82 Å². The number of ether oxygens (including phenoxy) is 2. The van der Waals surface area contributed by atoms with Gasteiger partial charge in [0.15, 0.2) is 11.6 Å². The van der Waals surface area contributed by atoms with E-state index in [1.807, 2.05) is 0 Å². The lowest BCUT2D eigenvalue weighted by molar-refractivity contribution is -0.138. The number of alkyl halides is 3. The number of aromatic nitrogens is 4. The zero-order valence-corrected chi connectivity index (χ0v) is 21.5. The van der Waals surface area contributed by atoms with Crippen molar-refractivity contribution in [3.05, 3.63) is 111 Å². The van der Waals surface area contributed by atoms with Crippen LogP contribution in [0.2, 0.25) is 0 Å². The Hall–Kier alpha value is -4.52. The van der Waals surface area contributed by atoms with Crippen LogP contribution in [0.15, 0.2) is 65.8 Å². The van der Waals surface area contributed by atoms with Gasteiger partial charge in [0.05, 0.1) is 44.6 Å². The van der Waals surface area contributed by atoms with Gasteiger partial charge in [0, 0.05) is 31.8 Å². The standard InChI is InChI=1S/C27H25F4N5O4/c1-39-16-22-19(25(37)33-12-21-24(28)23(40-2)9-10-32-21)15-36(34-22)14-18-7-5-17(6-8-18)13-35-11-3-4-20(26(35)38)27(29,30)31/h3-11,15H,12-14,16H2,1-2H3,(H,33,37). The minimum atomic E-state index is -4.73. The van der Waals surface area contributed by atoms with Crippen molar-refractivity contribution in [3.63, 3.8) is 0 Å². The van der Waals surface area contributed by atoms with Crippen molar-refractivity contribution < 1.29 is 31.8 Å². The molecule has 3 aromatic heterocycles. The van der Waals surface area contributed by atoms with Gasteiger partial charge in [0.2, 0.25) is 0 Å². The first-order valence-corrected chi connectivity index (χ1v) is 12.0. The van der Waals surface area contributed by atoms with Crippen LogP contribution in [0.25, 0.3) is 0 Å². The Morgan fingerprint density at radius 1 is 1.02 bits per heavy atom. The summed E-state index contributed by atoms with van der Waals surface area (Å²) in [7, 11) is 2.79. The van der Waals surface area contributed by atoms with Crippen LogP contribution in [0.4, 0.5) is 17.6 Å². The topological polar surface area (TPSA) is 100 Å². The molecule has 3 heterocycles. The molecular formula is C27H25F4N5O4. The molecule has 0 aliphatic carbocycles. The van der Waals surface area contributed by atoms with Crippen LogP contribution in [-0.4, -0.2) is 39.5 Å². The van der Waals surface area contributed by atoms with Crippen molar-refractivity contribution in [3.8, 4) is 5.75 Å². The number of carbonyl (C=O) groups is 1. The molecule has 0 fully saturated rings. The Bertz CT molecular complexity index is 1550. The van der Waals surface area contributed by atoms with E-state index in [1.165, 1.54) is 44.9 Å². The van der Waals surface area contributed by atoms with Gasteiger partial charge in [-0.2, -0.15) is 18.3 Å². The minimum Gasteiger partial charge on any atom is -0.494 e. The number of pyridine rings is 2. The molecule has 13 heteroatoms. The number of methoxy groups -OCH3 is 2. The van der Waals surface area contributed by atoms with Gasteiger partial charge in [-0.25, -0.2) is 4.39 Å². The van der Waals surface area contributed by atoms with Crippen LogP contribution in [0.3, 0.4) is 0 Å². The maximum atomic E-state index is 14.4. The molecule has 4 aromatic rings. The molecule has 1 N–H and O–H groups in total. The van der Waals surface area contributed by atoms with E-state index in [1.54, 1.807) is 28.9 Å². The fourth-order valence-electron chi connectivity index (χ4n) is 3.99. The Morgan fingerprint density at radius 2 is 1.73 bits per heavy atom. The SMILES string of the molecule is COCc1nn(Cc2ccc(Cn3cccc(C(F)(F)F)c3=O)cc2)cc1C(=O)NCc1nccc(OC)c1F. The van der Waals surface area contributed by atoms with Crippen LogP contribution in [0.5, 0.6) is 5.75 Å². The van der Waals surface area contributed by atoms with Gasteiger partial charge in [0.1, 0.15) is 11.3 Å². The van der Waals surface area contributed by atoms with Crippen LogP contribution in [0.1, 0.15) is 38.4 Å². The lowest BCUT2D eigenvalue weighted by atomic mass is 10.1. The average Bonchev–Trinajstić information content (AvgIpc) is 3.32. The molecule has 1 amide bonds. The number of hydrogen-bond acceptors (Lipinski definition) is 6. The van der Waals surface area contributed by atoms with Crippen LogP contribution in [-0.2, 0) is 37.2 Å². The molecule has 0 spiro atoms. The van der Waals surface area contributed by atoms with Gasteiger partial charge in [-0.1, -0.05) is 24.3 Å². The molecule has 0 aliphatic rings. The second kappa shape index (κ2) is 12.1. The molecule has 0 atom stereocenters. The van der Waals surface area contributed by atoms with E-state index in [9.17, 15) is 27.2 Å². The Balaban J connectivity index is 1.45. The van der Waals surface area contributed by atoms with Crippen molar-refractivity contribution in [1.29, 1.82) is 0 Å². The summed E-state index contributed by atoms with van der Waals surface area (Å²) in [6.07, 6.45) is -0.513. The Kier molecular flexibility index (Phi) is 8.63. The number of rotatable bonds is 10. The second-order valence-electron chi connectivity index (χ2n) is 8.75. The van der Waals surface area contributed by atoms with E-state index in [2.05, 4.69) is 15.4 Å². The number of halogens is 4. The predicted octanol–water partition coefficient (Wildman–Crippen LogP) is 3.78. The molecule has 0 saturated heterocycles. The highest BCUT2D eigenvalue weighted by Crippen LogP contribution is 2.26.